The van der Waals surface area contributed by atoms with Crippen molar-refractivity contribution in [3.05, 3.63) is 42.5 Å². The lowest BCUT2D eigenvalue weighted by Crippen LogP contribution is -2.39. The van der Waals surface area contributed by atoms with E-state index in [2.05, 4.69) is 76.5 Å². The van der Waals surface area contributed by atoms with Crippen molar-refractivity contribution in [1.82, 2.24) is 0 Å². The second-order valence-electron chi connectivity index (χ2n) is 10.1. The van der Waals surface area contributed by atoms with Crippen molar-refractivity contribution >= 4 is 41.3 Å². The molecule has 0 aliphatic carbocycles. The Morgan fingerprint density at radius 1 is 0.759 bits per heavy atom. The Kier molecular flexibility index (Phi) is 4.77. The molecule has 0 bridgehead atoms. The Morgan fingerprint density at radius 3 is 1.69 bits per heavy atom. The number of fused-ring (bicyclic) bond motifs is 2. The zero-order valence-electron chi connectivity index (χ0n) is 18.2. The molecule has 0 saturated carbocycles. The van der Waals surface area contributed by atoms with Gasteiger partial charge in [0, 0.05) is 75.0 Å². The van der Waals surface area contributed by atoms with E-state index in [1.54, 1.807) is 0 Å². The molecular weight excluding hydrogens is 370 g/mol. The quantitative estimate of drug-likeness (QED) is 0.308. The lowest BCUT2D eigenvalue weighted by molar-refractivity contribution is -0.645. The highest BCUT2D eigenvalue weighted by molar-refractivity contribution is 6.76. The van der Waals surface area contributed by atoms with Crippen molar-refractivity contribution in [3.8, 4) is 0 Å². The summed E-state index contributed by atoms with van der Waals surface area (Å²) in [5.74, 6) is 0. The second kappa shape index (κ2) is 7.32. The molecule has 29 heavy (non-hydrogen) atoms. The van der Waals surface area contributed by atoms with Crippen LogP contribution >= 0.6 is 0 Å². The summed E-state index contributed by atoms with van der Waals surface area (Å²) in [7, 11) is -1.03. The summed E-state index contributed by atoms with van der Waals surface area (Å²) >= 11 is 0. The molecule has 0 atom stereocenters. The van der Waals surface area contributed by atoms with Crippen LogP contribution in [0.3, 0.4) is 0 Å². The molecule has 2 aliphatic heterocycles. The number of anilines is 2. The molecule has 2 aliphatic rings. The summed E-state index contributed by atoms with van der Waals surface area (Å²) in [6.45, 7) is 13.4. The van der Waals surface area contributed by atoms with Crippen molar-refractivity contribution in [1.29, 1.82) is 0 Å². The molecule has 3 heterocycles. The molecule has 3 nitrogen and oxygen atoms in total. The summed E-state index contributed by atoms with van der Waals surface area (Å²) in [5.41, 5.74) is 5.58. The predicted octanol–water partition coefficient (Wildman–Crippen LogP) is 5.43. The average Bonchev–Trinajstić information content (AvgIpc) is 2.58. The maximum Gasteiger partial charge on any atom is 0.215 e. The van der Waals surface area contributed by atoms with Gasteiger partial charge in [0.25, 0.3) is 0 Å². The highest BCUT2D eigenvalue weighted by Gasteiger charge is 2.23. The minimum atomic E-state index is -1.03. The van der Waals surface area contributed by atoms with Gasteiger partial charge in [-0.15, -0.1) is 0 Å². The largest absolute Gasteiger partial charge is 0.371 e. The molecule has 0 N–H and O–H groups in total. The van der Waals surface area contributed by atoms with Crippen LogP contribution in [0.5, 0.6) is 0 Å². The van der Waals surface area contributed by atoms with E-state index in [1.807, 2.05) is 0 Å². The Hall–Kier alpha value is -2.07. The Labute approximate surface area is 175 Å². The number of hydrogen-bond acceptors (Lipinski definition) is 2. The molecule has 0 radical (unpaired) electrons. The number of benzene rings is 2. The van der Waals surface area contributed by atoms with Crippen molar-refractivity contribution in [2.45, 2.75) is 51.5 Å². The maximum absolute atomic E-state index is 2.62. The molecule has 0 amide bonds. The van der Waals surface area contributed by atoms with Crippen LogP contribution in [0.25, 0.3) is 21.8 Å². The minimum Gasteiger partial charge on any atom is -0.371 e. The molecule has 0 spiro atoms. The van der Waals surface area contributed by atoms with Crippen LogP contribution in [-0.4, -0.2) is 34.3 Å². The van der Waals surface area contributed by atoms with Crippen molar-refractivity contribution in [2.24, 2.45) is 0 Å². The second-order valence-corrected chi connectivity index (χ2v) is 15.7. The van der Waals surface area contributed by atoms with E-state index in [4.69, 9.17) is 0 Å². The highest BCUT2D eigenvalue weighted by Crippen LogP contribution is 2.29. The number of aryl methyl sites for hydroxylation is 1. The first-order valence-corrected chi connectivity index (χ1v) is 15.1. The number of pyridine rings is 1. The third-order valence-electron chi connectivity index (χ3n) is 6.67. The number of rotatable bonds is 6. The lowest BCUT2D eigenvalue weighted by atomic mass is 10.1. The van der Waals surface area contributed by atoms with Gasteiger partial charge in [0.15, 0.2) is 0 Å². The molecule has 5 rings (SSSR count). The molecule has 3 aromatic rings. The van der Waals surface area contributed by atoms with Crippen molar-refractivity contribution in [3.63, 3.8) is 0 Å². The molecule has 1 aromatic heterocycles. The molecule has 152 valence electrons. The van der Waals surface area contributed by atoms with Crippen LogP contribution in [-0.2, 0) is 6.54 Å². The normalized spacial score (nSPS) is 16.9. The molecule has 2 aromatic carbocycles. The predicted molar refractivity (Wildman–Crippen MR) is 128 cm³/mol. The smallest absolute Gasteiger partial charge is 0.215 e. The average molecular weight is 405 g/mol. The standard InChI is InChI=1S/C25H34N3Si/c1-29(2,3)16-6-15-28-24-18-22(26-11-4-12-26)9-7-20(24)17-21-8-10-23(19-25(21)28)27-13-5-14-27/h7-10,17-19H,4-6,11-16H2,1-3H3/q+1. The fourth-order valence-corrected chi connectivity index (χ4v) is 5.84. The van der Waals surface area contributed by atoms with Gasteiger partial charge in [-0.25, -0.2) is 0 Å². The first-order valence-electron chi connectivity index (χ1n) is 11.4. The van der Waals surface area contributed by atoms with E-state index < -0.39 is 8.07 Å². The minimum absolute atomic E-state index is 1.03. The topological polar surface area (TPSA) is 10.4 Å². The zero-order valence-corrected chi connectivity index (χ0v) is 19.2. The Bertz CT molecular complexity index is 973. The van der Waals surface area contributed by atoms with Crippen LogP contribution in [0.1, 0.15) is 19.3 Å². The molecule has 2 fully saturated rings. The van der Waals surface area contributed by atoms with Gasteiger partial charge in [0.05, 0.1) is 0 Å². The van der Waals surface area contributed by atoms with E-state index in [1.165, 1.54) is 84.7 Å². The van der Waals surface area contributed by atoms with E-state index in [0.717, 1.165) is 6.54 Å². The Balaban J connectivity index is 1.62. The first kappa shape index (κ1) is 18.9. The number of nitrogens with zero attached hydrogens (tertiary/aromatic N) is 3. The Morgan fingerprint density at radius 2 is 1.28 bits per heavy atom. The number of hydrogen-bond donors (Lipinski definition) is 0. The van der Waals surface area contributed by atoms with Gasteiger partial charge in [0.1, 0.15) is 6.54 Å². The van der Waals surface area contributed by atoms with E-state index >= 15 is 0 Å². The molecule has 4 heteroatoms. The number of aromatic nitrogens is 1. The lowest BCUT2D eigenvalue weighted by Gasteiger charge is -2.33. The van der Waals surface area contributed by atoms with Gasteiger partial charge >= 0.3 is 0 Å². The van der Waals surface area contributed by atoms with E-state index in [9.17, 15) is 0 Å². The summed E-state index contributed by atoms with van der Waals surface area (Å²) in [6.07, 6.45) is 3.92. The fourth-order valence-electron chi connectivity index (χ4n) is 4.62. The van der Waals surface area contributed by atoms with Crippen LogP contribution < -0.4 is 14.4 Å². The molecule has 0 unspecified atom stereocenters. The van der Waals surface area contributed by atoms with Crippen LogP contribution in [0.15, 0.2) is 42.5 Å². The molecule has 2 saturated heterocycles. The van der Waals surface area contributed by atoms with Crippen LogP contribution in [0.4, 0.5) is 11.4 Å². The first-order chi connectivity index (χ1) is 14.0. The van der Waals surface area contributed by atoms with Gasteiger partial charge in [-0.3, -0.25) is 0 Å². The van der Waals surface area contributed by atoms with E-state index in [0.29, 0.717) is 0 Å². The van der Waals surface area contributed by atoms with Crippen molar-refractivity contribution < 1.29 is 4.57 Å². The van der Waals surface area contributed by atoms with E-state index in [-0.39, 0.29) is 0 Å². The van der Waals surface area contributed by atoms with Gasteiger partial charge in [0.2, 0.25) is 11.0 Å². The van der Waals surface area contributed by atoms with Gasteiger partial charge < -0.3 is 9.80 Å². The zero-order chi connectivity index (χ0) is 20.0. The highest BCUT2D eigenvalue weighted by atomic mass is 28.3. The SMILES string of the molecule is C[Si](C)(C)CCC[n+]1c2cc(N3CCC3)ccc2cc2ccc(N3CCC3)cc21. The monoisotopic (exact) mass is 404 g/mol. The summed E-state index contributed by atoms with van der Waals surface area (Å²) in [6, 6.07) is 18.0. The van der Waals surface area contributed by atoms with Gasteiger partial charge in [-0.05, 0) is 43.2 Å². The van der Waals surface area contributed by atoms with Gasteiger partial charge in [-0.1, -0.05) is 25.7 Å². The maximum atomic E-state index is 2.62. The van der Waals surface area contributed by atoms with Crippen molar-refractivity contribution in [2.75, 3.05) is 36.0 Å². The summed E-state index contributed by atoms with van der Waals surface area (Å²) < 4.78 is 2.62. The third kappa shape index (κ3) is 3.75. The summed E-state index contributed by atoms with van der Waals surface area (Å²) in [4.78, 5) is 5.01. The molecular formula is C25H34N3Si+. The summed E-state index contributed by atoms with van der Waals surface area (Å²) in [5, 5.41) is 2.73. The third-order valence-corrected chi connectivity index (χ3v) is 8.53. The van der Waals surface area contributed by atoms with Crippen LogP contribution in [0, 0.1) is 0 Å². The van der Waals surface area contributed by atoms with Crippen LogP contribution in [0.2, 0.25) is 25.7 Å². The van der Waals surface area contributed by atoms with Gasteiger partial charge in [-0.2, -0.15) is 4.57 Å². The fraction of sp³-hybridized carbons (Fsp3) is 0.480.